The quantitative estimate of drug-likeness (QED) is 0.817. The number of ketones is 1. The van der Waals surface area contributed by atoms with Gasteiger partial charge in [0.05, 0.1) is 6.07 Å². The van der Waals surface area contributed by atoms with Crippen LogP contribution in [0.3, 0.4) is 0 Å². The molecule has 3 rings (SSSR count). The van der Waals surface area contributed by atoms with E-state index in [0.717, 1.165) is 19.3 Å². The normalized spacial score (nSPS) is 18.8. The summed E-state index contributed by atoms with van der Waals surface area (Å²) >= 11 is 0. The zero-order valence-corrected chi connectivity index (χ0v) is 9.89. The van der Waals surface area contributed by atoms with Gasteiger partial charge in [-0.05, 0) is 30.5 Å². The monoisotopic (exact) mass is 243 g/mol. The van der Waals surface area contributed by atoms with Crippen LogP contribution in [0.1, 0.15) is 30.7 Å². The fourth-order valence-corrected chi connectivity index (χ4v) is 2.32. The Labute approximate surface area is 105 Å². The first kappa shape index (κ1) is 11.1. The van der Waals surface area contributed by atoms with Gasteiger partial charge in [0.15, 0.2) is 17.3 Å². The molecule has 1 heterocycles. The minimum atomic E-state index is -0.676. The van der Waals surface area contributed by atoms with Crippen molar-refractivity contribution in [3.63, 3.8) is 0 Å². The van der Waals surface area contributed by atoms with E-state index in [-0.39, 0.29) is 18.5 Å². The van der Waals surface area contributed by atoms with Crippen molar-refractivity contribution in [2.45, 2.75) is 25.2 Å². The van der Waals surface area contributed by atoms with Crippen molar-refractivity contribution in [1.82, 2.24) is 0 Å². The van der Waals surface area contributed by atoms with E-state index in [1.165, 1.54) is 0 Å². The van der Waals surface area contributed by atoms with Gasteiger partial charge in [0.2, 0.25) is 6.79 Å². The lowest BCUT2D eigenvalue weighted by atomic mass is 9.76. The van der Waals surface area contributed by atoms with Crippen LogP contribution in [0.4, 0.5) is 0 Å². The lowest BCUT2D eigenvalue weighted by Gasteiger charge is -2.25. The molecule has 1 atom stereocenters. The molecular weight excluding hydrogens is 230 g/mol. The van der Waals surface area contributed by atoms with Crippen LogP contribution < -0.4 is 9.47 Å². The van der Waals surface area contributed by atoms with Crippen molar-refractivity contribution in [2.75, 3.05) is 6.79 Å². The molecule has 4 heteroatoms. The lowest BCUT2D eigenvalue weighted by Crippen LogP contribution is -2.26. The van der Waals surface area contributed by atoms with Crippen molar-refractivity contribution >= 4 is 5.78 Å². The van der Waals surface area contributed by atoms with Gasteiger partial charge in [0.1, 0.15) is 5.92 Å². The average Bonchev–Trinajstić information content (AvgIpc) is 2.74. The third-order valence-corrected chi connectivity index (χ3v) is 3.65. The summed E-state index contributed by atoms with van der Waals surface area (Å²) in [6, 6.07) is 7.39. The Balaban J connectivity index is 1.87. The molecule has 1 aliphatic heterocycles. The lowest BCUT2D eigenvalue weighted by molar-refractivity contribution is -0.125. The molecule has 0 aromatic heterocycles. The molecule has 1 fully saturated rings. The Bertz CT molecular complexity index is 528. The summed E-state index contributed by atoms with van der Waals surface area (Å²) in [7, 11) is 0. The van der Waals surface area contributed by atoms with Gasteiger partial charge in [-0.15, -0.1) is 0 Å². The number of hydrogen-bond acceptors (Lipinski definition) is 4. The predicted octanol–water partition coefficient (Wildman–Crippen LogP) is 2.39. The number of carbonyl (C=O) groups is 1. The summed E-state index contributed by atoms with van der Waals surface area (Å²) in [6.45, 7) is 0.201. The standard InChI is InChI=1S/C14H13NO3/c15-7-11(14(16)9-2-1-3-9)10-4-5-12-13(6-10)18-8-17-12/h4-6,9,11H,1-3,8H2. The molecule has 1 aromatic rings. The maximum absolute atomic E-state index is 12.2. The van der Waals surface area contributed by atoms with Gasteiger partial charge in [-0.3, -0.25) is 4.79 Å². The van der Waals surface area contributed by atoms with E-state index in [0.29, 0.717) is 17.1 Å². The molecule has 0 radical (unpaired) electrons. The van der Waals surface area contributed by atoms with Crippen LogP contribution in [-0.2, 0) is 4.79 Å². The number of nitrogens with zero attached hydrogens (tertiary/aromatic N) is 1. The van der Waals surface area contributed by atoms with E-state index in [1.54, 1.807) is 18.2 Å². The first-order valence-corrected chi connectivity index (χ1v) is 6.12. The Kier molecular flexibility index (Phi) is 2.67. The number of ether oxygens (including phenoxy) is 2. The summed E-state index contributed by atoms with van der Waals surface area (Å²) in [6.07, 6.45) is 2.93. The fourth-order valence-electron chi connectivity index (χ4n) is 2.32. The number of benzene rings is 1. The van der Waals surface area contributed by atoms with Crippen LogP contribution in [0.2, 0.25) is 0 Å². The van der Waals surface area contributed by atoms with Crippen LogP contribution >= 0.6 is 0 Å². The van der Waals surface area contributed by atoms with Gasteiger partial charge < -0.3 is 9.47 Å². The number of carbonyl (C=O) groups excluding carboxylic acids is 1. The van der Waals surface area contributed by atoms with Crippen LogP contribution in [0.15, 0.2) is 18.2 Å². The van der Waals surface area contributed by atoms with E-state index in [1.807, 2.05) is 0 Å². The Morgan fingerprint density at radius 2 is 2.11 bits per heavy atom. The average molecular weight is 243 g/mol. The maximum Gasteiger partial charge on any atom is 0.231 e. The Morgan fingerprint density at radius 3 is 2.78 bits per heavy atom. The van der Waals surface area contributed by atoms with Crippen molar-refractivity contribution in [3.05, 3.63) is 23.8 Å². The smallest absolute Gasteiger partial charge is 0.231 e. The molecule has 1 unspecified atom stereocenters. The summed E-state index contributed by atoms with van der Waals surface area (Å²) in [4.78, 5) is 12.2. The molecule has 92 valence electrons. The number of nitriles is 1. The molecule has 1 aromatic carbocycles. The number of fused-ring (bicyclic) bond motifs is 1. The topological polar surface area (TPSA) is 59.3 Å². The molecule has 2 aliphatic rings. The molecule has 4 nitrogen and oxygen atoms in total. The van der Waals surface area contributed by atoms with E-state index < -0.39 is 5.92 Å². The molecule has 0 bridgehead atoms. The minimum Gasteiger partial charge on any atom is -0.454 e. The van der Waals surface area contributed by atoms with Crippen molar-refractivity contribution < 1.29 is 14.3 Å². The van der Waals surface area contributed by atoms with Crippen LogP contribution in [0.5, 0.6) is 11.5 Å². The Hall–Kier alpha value is -2.02. The number of hydrogen-bond donors (Lipinski definition) is 0. The first-order valence-electron chi connectivity index (χ1n) is 6.12. The van der Waals surface area contributed by atoms with Crippen molar-refractivity contribution in [2.24, 2.45) is 5.92 Å². The molecule has 18 heavy (non-hydrogen) atoms. The van der Waals surface area contributed by atoms with Gasteiger partial charge in [-0.2, -0.15) is 5.26 Å². The highest BCUT2D eigenvalue weighted by Gasteiger charge is 2.32. The molecule has 0 amide bonds. The second-order valence-electron chi connectivity index (χ2n) is 4.71. The zero-order chi connectivity index (χ0) is 12.5. The van der Waals surface area contributed by atoms with Crippen molar-refractivity contribution in [1.29, 1.82) is 5.26 Å². The summed E-state index contributed by atoms with van der Waals surface area (Å²) in [5.41, 5.74) is 0.707. The highest BCUT2D eigenvalue weighted by molar-refractivity contribution is 5.91. The van der Waals surface area contributed by atoms with Gasteiger partial charge in [-0.1, -0.05) is 12.5 Å². The number of rotatable bonds is 3. The summed E-state index contributed by atoms with van der Waals surface area (Å²) in [5, 5.41) is 9.22. The highest BCUT2D eigenvalue weighted by atomic mass is 16.7. The molecule has 0 saturated heterocycles. The van der Waals surface area contributed by atoms with E-state index in [2.05, 4.69) is 6.07 Å². The first-order chi connectivity index (χ1) is 8.79. The highest BCUT2D eigenvalue weighted by Crippen LogP contribution is 2.37. The molecule has 1 aliphatic carbocycles. The molecule has 1 saturated carbocycles. The fraction of sp³-hybridized carbons (Fsp3) is 0.429. The van der Waals surface area contributed by atoms with E-state index >= 15 is 0 Å². The predicted molar refractivity (Wildman–Crippen MR) is 63.3 cm³/mol. The minimum absolute atomic E-state index is 0.0441. The van der Waals surface area contributed by atoms with Crippen LogP contribution in [-0.4, -0.2) is 12.6 Å². The van der Waals surface area contributed by atoms with Gasteiger partial charge in [0, 0.05) is 5.92 Å². The molecule has 0 spiro atoms. The van der Waals surface area contributed by atoms with E-state index in [9.17, 15) is 10.1 Å². The largest absolute Gasteiger partial charge is 0.454 e. The van der Waals surface area contributed by atoms with Crippen molar-refractivity contribution in [3.8, 4) is 17.6 Å². The van der Waals surface area contributed by atoms with E-state index in [4.69, 9.17) is 9.47 Å². The molecular formula is C14H13NO3. The second-order valence-corrected chi connectivity index (χ2v) is 4.71. The van der Waals surface area contributed by atoms with Crippen LogP contribution in [0.25, 0.3) is 0 Å². The zero-order valence-electron chi connectivity index (χ0n) is 9.89. The van der Waals surface area contributed by atoms with Gasteiger partial charge in [-0.25, -0.2) is 0 Å². The van der Waals surface area contributed by atoms with Gasteiger partial charge in [0.25, 0.3) is 0 Å². The van der Waals surface area contributed by atoms with Crippen LogP contribution in [0, 0.1) is 17.2 Å². The third-order valence-electron chi connectivity index (χ3n) is 3.65. The van der Waals surface area contributed by atoms with Gasteiger partial charge >= 0.3 is 0 Å². The maximum atomic E-state index is 12.2. The Morgan fingerprint density at radius 1 is 1.33 bits per heavy atom. The third kappa shape index (κ3) is 1.72. The number of Topliss-reactive ketones (excluding diaryl/α,β-unsaturated/α-hetero) is 1. The SMILES string of the molecule is N#CC(C(=O)C1CCC1)c1ccc2c(c1)OCO2. The molecule has 0 N–H and O–H groups in total. The second kappa shape index (κ2) is 4.34. The summed E-state index contributed by atoms with van der Waals surface area (Å²) < 4.78 is 10.5. The summed E-state index contributed by atoms with van der Waals surface area (Å²) in [5.74, 6) is 0.730.